The quantitative estimate of drug-likeness (QED) is 0.743. The molecule has 2 heterocycles. The Bertz CT molecular complexity index is 864. The number of urea groups is 1. The predicted octanol–water partition coefficient (Wildman–Crippen LogP) is 2.45. The maximum absolute atomic E-state index is 13.5. The van der Waals surface area contributed by atoms with Crippen LogP contribution in [0.4, 0.5) is 20.7 Å². The van der Waals surface area contributed by atoms with Crippen molar-refractivity contribution >= 4 is 35.0 Å². The first-order valence-corrected chi connectivity index (χ1v) is 8.75. The Balaban J connectivity index is 1.65. The molecule has 2 aromatic rings. The summed E-state index contributed by atoms with van der Waals surface area (Å²) in [7, 11) is 1.56. The average Bonchev–Trinajstić information content (AvgIpc) is 2.99. The SMILES string of the molecule is Cn1nc(NC(=O)N2CCC(O)CC2)cc1C(=O)Nc1ccc(Cl)c(F)c1. The highest BCUT2D eigenvalue weighted by molar-refractivity contribution is 6.30. The van der Waals surface area contributed by atoms with Gasteiger partial charge in [-0.3, -0.25) is 14.8 Å². The van der Waals surface area contributed by atoms with E-state index < -0.39 is 11.7 Å². The van der Waals surface area contributed by atoms with Crippen molar-refractivity contribution in [2.45, 2.75) is 18.9 Å². The van der Waals surface area contributed by atoms with Gasteiger partial charge in [0.15, 0.2) is 5.82 Å². The molecule has 8 nitrogen and oxygen atoms in total. The third kappa shape index (κ3) is 4.55. The van der Waals surface area contributed by atoms with Crippen LogP contribution in [-0.2, 0) is 7.05 Å². The van der Waals surface area contributed by atoms with Gasteiger partial charge in [0.1, 0.15) is 11.5 Å². The van der Waals surface area contributed by atoms with E-state index in [0.29, 0.717) is 25.9 Å². The molecule has 1 aliphatic rings. The lowest BCUT2D eigenvalue weighted by molar-refractivity contribution is 0.0970. The topological polar surface area (TPSA) is 99.5 Å². The Hall–Kier alpha value is -2.65. The Morgan fingerprint density at radius 3 is 2.63 bits per heavy atom. The number of piperidine rings is 1. The molecular weight excluding hydrogens is 377 g/mol. The number of aliphatic hydroxyl groups excluding tert-OH is 1. The molecule has 3 rings (SSSR count). The van der Waals surface area contributed by atoms with Crippen LogP contribution >= 0.6 is 11.6 Å². The van der Waals surface area contributed by atoms with Crippen LogP contribution in [0.3, 0.4) is 0 Å². The Labute approximate surface area is 159 Å². The number of hydrogen-bond acceptors (Lipinski definition) is 4. The Morgan fingerprint density at radius 2 is 1.96 bits per heavy atom. The van der Waals surface area contributed by atoms with Gasteiger partial charge in [-0.25, -0.2) is 9.18 Å². The first kappa shape index (κ1) is 19.1. The number of nitrogens with zero attached hydrogens (tertiary/aromatic N) is 3. The fraction of sp³-hybridized carbons (Fsp3) is 0.353. The highest BCUT2D eigenvalue weighted by Gasteiger charge is 2.22. The zero-order chi connectivity index (χ0) is 19.6. The largest absolute Gasteiger partial charge is 0.393 e. The summed E-state index contributed by atoms with van der Waals surface area (Å²) in [6.07, 6.45) is 0.680. The van der Waals surface area contributed by atoms with Gasteiger partial charge in [0.05, 0.1) is 11.1 Å². The number of likely N-dealkylation sites (tertiary alicyclic amines) is 1. The molecule has 1 aliphatic heterocycles. The first-order chi connectivity index (χ1) is 12.8. The van der Waals surface area contributed by atoms with Gasteiger partial charge in [0, 0.05) is 31.9 Å². The van der Waals surface area contributed by atoms with E-state index in [2.05, 4.69) is 15.7 Å². The smallest absolute Gasteiger partial charge is 0.323 e. The van der Waals surface area contributed by atoms with E-state index in [1.54, 1.807) is 11.9 Å². The number of aromatic nitrogens is 2. The van der Waals surface area contributed by atoms with Crippen molar-refractivity contribution in [1.29, 1.82) is 0 Å². The molecule has 0 saturated carbocycles. The van der Waals surface area contributed by atoms with Crippen LogP contribution in [0.2, 0.25) is 5.02 Å². The van der Waals surface area contributed by atoms with E-state index in [9.17, 15) is 19.1 Å². The minimum absolute atomic E-state index is 0.0382. The number of carbonyl (C=O) groups excluding carboxylic acids is 2. The van der Waals surface area contributed by atoms with Gasteiger partial charge in [-0.2, -0.15) is 5.10 Å². The molecule has 3 N–H and O–H groups in total. The standard InChI is InChI=1S/C17H19ClFN5O3/c1-23-14(16(26)20-10-2-3-12(18)13(19)8-10)9-15(22-23)21-17(27)24-6-4-11(25)5-7-24/h2-3,8-9,11,25H,4-7H2,1H3,(H,20,26)(H,21,22,27). The van der Waals surface area contributed by atoms with Gasteiger partial charge >= 0.3 is 6.03 Å². The predicted molar refractivity (Wildman–Crippen MR) is 98.4 cm³/mol. The summed E-state index contributed by atoms with van der Waals surface area (Å²) < 4.78 is 14.8. The first-order valence-electron chi connectivity index (χ1n) is 8.38. The van der Waals surface area contributed by atoms with Crippen LogP contribution in [0.5, 0.6) is 0 Å². The summed E-state index contributed by atoms with van der Waals surface area (Å²) in [4.78, 5) is 26.2. The second kappa shape index (κ2) is 7.93. The molecular formula is C17H19ClFN5O3. The van der Waals surface area contributed by atoms with Crippen molar-refractivity contribution in [2.75, 3.05) is 23.7 Å². The van der Waals surface area contributed by atoms with Gasteiger partial charge in [0.25, 0.3) is 5.91 Å². The summed E-state index contributed by atoms with van der Waals surface area (Å²) in [5, 5.41) is 18.8. The average molecular weight is 396 g/mol. The highest BCUT2D eigenvalue weighted by atomic mass is 35.5. The molecule has 144 valence electrons. The van der Waals surface area contributed by atoms with Crippen LogP contribution in [0, 0.1) is 5.82 Å². The summed E-state index contributed by atoms with van der Waals surface area (Å²) >= 11 is 5.62. The molecule has 10 heteroatoms. The maximum Gasteiger partial charge on any atom is 0.323 e. The lowest BCUT2D eigenvalue weighted by Crippen LogP contribution is -2.42. The number of aryl methyl sites for hydroxylation is 1. The van der Waals surface area contributed by atoms with Gasteiger partial charge < -0.3 is 15.3 Å². The van der Waals surface area contributed by atoms with E-state index in [0.717, 1.165) is 6.07 Å². The molecule has 0 atom stereocenters. The third-order valence-corrected chi connectivity index (χ3v) is 4.58. The van der Waals surface area contributed by atoms with Crippen molar-refractivity contribution in [3.63, 3.8) is 0 Å². The van der Waals surface area contributed by atoms with Crippen LogP contribution in [0.1, 0.15) is 23.3 Å². The van der Waals surface area contributed by atoms with Crippen molar-refractivity contribution in [2.24, 2.45) is 7.05 Å². The molecule has 1 aromatic heterocycles. The fourth-order valence-electron chi connectivity index (χ4n) is 2.77. The molecule has 27 heavy (non-hydrogen) atoms. The zero-order valence-electron chi connectivity index (χ0n) is 14.6. The second-order valence-electron chi connectivity index (χ2n) is 6.27. The lowest BCUT2D eigenvalue weighted by Gasteiger charge is -2.29. The molecule has 1 fully saturated rings. The fourth-order valence-corrected chi connectivity index (χ4v) is 2.88. The number of anilines is 2. The normalized spacial score (nSPS) is 14.9. The van der Waals surface area contributed by atoms with Gasteiger partial charge in [-0.05, 0) is 31.0 Å². The number of aliphatic hydroxyl groups is 1. The number of amides is 3. The number of benzene rings is 1. The molecule has 1 saturated heterocycles. The molecule has 0 bridgehead atoms. The van der Waals surface area contributed by atoms with Gasteiger partial charge in [-0.15, -0.1) is 0 Å². The van der Waals surface area contributed by atoms with E-state index in [4.69, 9.17) is 11.6 Å². The number of carbonyl (C=O) groups is 2. The van der Waals surface area contributed by atoms with E-state index in [-0.39, 0.29) is 34.4 Å². The van der Waals surface area contributed by atoms with Crippen LogP contribution < -0.4 is 10.6 Å². The van der Waals surface area contributed by atoms with Gasteiger partial charge in [0.2, 0.25) is 0 Å². The number of hydrogen-bond donors (Lipinski definition) is 3. The second-order valence-corrected chi connectivity index (χ2v) is 6.68. The van der Waals surface area contributed by atoms with Crippen LogP contribution in [0.15, 0.2) is 24.3 Å². The summed E-state index contributed by atoms with van der Waals surface area (Å²) in [6, 6.07) is 5.03. The number of nitrogens with one attached hydrogen (secondary N) is 2. The number of rotatable bonds is 3. The van der Waals surface area contributed by atoms with Crippen molar-refractivity contribution in [3.05, 3.63) is 40.8 Å². The monoisotopic (exact) mass is 395 g/mol. The maximum atomic E-state index is 13.5. The lowest BCUT2D eigenvalue weighted by atomic mass is 10.1. The molecule has 0 aliphatic carbocycles. The van der Waals surface area contributed by atoms with Crippen molar-refractivity contribution < 1.29 is 19.1 Å². The van der Waals surface area contributed by atoms with Crippen molar-refractivity contribution in [3.8, 4) is 0 Å². The number of halogens is 2. The van der Waals surface area contributed by atoms with Crippen molar-refractivity contribution in [1.82, 2.24) is 14.7 Å². The summed E-state index contributed by atoms with van der Waals surface area (Å²) in [6.45, 7) is 0.907. The van der Waals surface area contributed by atoms with Crippen LogP contribution in [0.25, 0.3) is 0 Å². The van der Waals surface area contributed by atoms with E-state index in [1.165, 1.54) is 22.9 Å². The molecule has 0 unspecified atom stereocenters. The summed E-state index contributed by atoms with van der Waals surface area (Å²) in [5.41, 5.74) is 0.440. The molecule has 0 radical (unpaired) electrons. The Kier molecular flexibility index (Phi) is 5.62. The molecule has 0 spiro atoms. The highest BCUT2D eigenvalue weighted by Crippen LogP contribution is 2.20. The van der Waals surface area contributed by atoms with E-state index in [1.807, 2.05) is 0 Å². The zero-order valence-corrected chi connectivity index (χ0v) is 15.3. The minimum Gasteiger partial charge on any atom is -0.393 e. The van der Waals surface area contributed by atoms with Crippen LogP contribution in [-0.4, -0.2) is 50.9 Å². The van der Waals surface area contributed by atoms with E-state index >= 15 is 0 Å². The third-order valence-electron chi connectivity index (χ3n) is 4.28. The Morgan fingerprint density at radius 1 is 1.26 bits per heavy atom. The molecule has 1 aromatic carbocycles. The van der Waals surface area contributed by atoms with Gasteiger partial charge in [-0.1, -0.05) is 11.6 Å². The molecule has 3 amide bonds. The minimum atomic E-state index is -0.640. The summed E-state index contributed by atoms with van der Waals surface area (Å²) in [5.74, 6) is -0.923.